The summed E-state index contributed by atoms with van der Waals surface area (Å²) in [6, 6.07) is 0. The molecule has 0 aromatic heterocycles. The molecule has 0 saturated carbocycles. The lowest BCUT2D eigenvalue weighted by atomic mass is 9.61. The Morgan fingerprint density at radius 2 is 1.47 bits per heavy atom. The number of nitrogens with zero attached hydrogens (tertiary/aromatic N) is 1. The van der Waals surface area contributed by atoms with E-state index in [1.54, 1.807) is 0 Å². The lowest BCUT2D eigenvalue weighted by molar-refractivity contribution is -0.138. The Kier molecular flexibility index (Phi) is 6.07. The van der Waals surface area contributed by atoms with Crippen molar-refractivity contribution in [2.75, 3.05) is 27.2 Å². The molecule has 1 unspecified atom stereocenters. The Hall–Kier alpha value is -0.570. The standard InChI is InChI=1S/C16H34N2O/c1-14(2,3)12-16(7,15(4,5)6)13(19)17-10-11-18(8)9/h10-12H2,1-9H3,(H,17,19). The van der Waals surface area contributed by atoms with Crippen LogP contribution in [0.3, 0.4) is 0 Å². The predicted octanol–water partition coefficient (Wildman–Crippen LogP) is 3.15. The topological polar surface area (TPSA) is 32.3 Å². The molecule has 1 atom stereocenters. The van der Waals surface area contributed by atoms with Crippen LogP contribution in [-0.4, -0.2) is 38.0 Å². The van der Waals surface area contributed by atoms with E-state index < -0.39 is 0 Å². The van der Waals surface area contributed by atoms with E-state index in [9.17, 15) is 4.79 Å². The van der Waals surface area contributed by atoms with Crippen LogP contribution in [0.1, 0.15) is 54.9 Å². The van der Waals surface area contributed by atoms with Crippen LogP contribution in [0.5, 0.6) is 0 Å². The maximum atomic E-state index is 12.6. The predicted molar refractivity (Wildman–Crippen MR) is 83.2 cm³/mol. The van der Waals surface area contributed by atoms with Gasteiger partial charge in [0.1, 0.15) is 0 Å². The van der Waals surface area contributed by atoms with Crippen molar-refractivity contribution in [2.45, 2.75) is 54.9 Å². The Bertz CT molecular complexity index is 297. The Balaban J connectivity index is 4.91. The third-order valence-electron chi connectivity index (χ3n) is 3.88. The highest BCUT2D eigenvalue weighted by Gasteiger charge is 2.46. The second kappa shape index (κ2) is 6.25. The normalized spacial score (nSPS) is 16.3. The van der Waals surface area contributed by atoms with Crippen LogP contribution in [0.4, 0.5) is 0 Å². The Labute approximate surface area is 120 Å². The summed E-state index contributed by atoms with van der Waals surface area (Å²) in [5.41, 5.74) is -0.263. The first-order valence-electron chi connectivity index (χ1n) is 7.23. The second-order valence-corrected chi connectivity index (χ2v) is 8.38. The summed E-state index contributed by atoms with van der Waals surface area (Å²) in [6.07, 6.45) is 0.886. The fourth-order valence-electron chi connectivity index (χ4n) is 2.33. The van der Waals surface area contributed by atoms with Crippen molar-refractivity contribution in [3.63, 3.8) is 0 Å². The van der Waals surface area contributed by atoms with Crippen molar-refractivity contribution >= 4 is 5.91 Å². The summed E-state index contributed by atoms with van der Waals surface area (Å²) in [5.74, 6) is 0.178. The first-order valence-corrected chi connectivity index (χ1v) is 7.23. The lowest BCUT2D eigenvalue weighted by Crippen LogP contribution is -2.50. The maximum Gasteiger partial charge on any atom is 0.226 e. The van der Waals surface area contributed by atoms with Crippen molar-refractivity contribution < 1.29 is 4.79 Å². The largest absolute Gasteiger partial charge is 0.354 e. The van der Waals surface area contributed by atoms with Gasteiger partial charge in [-0.3, -0.25) is 4.79 Å². The van der Waals surface area contributed by atoms with Gasteiger partial charge in [0.15, 0.2) is 0 Å². The van der Waals surface area contributed by atoms with Gasteiger partial charge in [0.25, 0.3) is 0 Å². The Morgan fingerprint density at radius 3 is 1.79 bits per heavy atom. The summed E-state index contributed by atoms with van der Waals surface area (Å²) in [4.78, 5) is 14.7. The van der Waals surface area contributed by atoms with Crippen molar-refractivity contribution in [1.29, 1.82) is 0 Å². The number of carbonyl (C=O) groups is 1. The third-order valence-corrected chi connectivity index (χ3v) is 3.88. The molecule has 0 spiro atoms. The van der Waals surface area contributed by atoms with Gasteiger partial charge >= 0.3 is 0 Å². The summed E-state index contributed by atoms with van der Waals surface area (Å²) >= 11 is 0. The van der Waals surface area contributed by atoms with Crippen LogP contribution in [0.25, 0.3) is 0 Å². The van der Waals surface area contributed by atoms with E-state index in [4.69, 9.17) is 0 Å². The van der Waals surface area contributed by atoms with Gasteiger partial charge in [-0.1, -0.05) is 48.5 Å². The number of carbonyl (C=O) groups excluding carboxylic acids is 1. The fraction of sp³-hybridized carbons (Fsp3) is 0.938. The van der Waals surface area contributed by atoms with E-state index >= 15 is 0 Å². The van der Waals surface area contributed by atoms with Gasteiger partial charge in [-0.25, -0.2) is 0 Å². The van der Waals surface area contributed by atoms with Crippen LogP contribution < -0.4 is 5.32 Å². The van der Waals surface area contributed by atoms with Crippen molar-refractivity contribution in [3.05, 3.63) is 0 Å². The molecule has 114 valence electrons. The highest BCUT2D eigenvalue weighted by atomic mass is 16.2. The van der Waals surface area contributed by atoms with Gasteiger partial charge < -0.3 is 10.2 Å². The Morgan fingerprint density at radius 1 is 1.00 bits per heavy atom. The van der Waals surface area contributed by atoms with Gasteiger partial charge in [0, 0.05) is 13.1 Å². The zero-order valence-electron chi connectivity index (χ0n) is 14.5. The van der Waals surface area contributed by atoms with Gasteiger partial charge in [-0.05, 0) is 31.3 Å². The maximum absolute atomic E-state index is 12.6. The third kappa shape index (κ3) is 5.94. The molecule has 1 N–H and O–H groups in total. The number of likely N-dealkylation sites (N-methyl/N-ethyl adjacent to an activating group) is 1. The van der Waals surface area contributed by atoms with Crippen LogP contribution >= 0.6 is 0 Å². The minimum Gasteiger partial charge on any atom is -0.354 e. The molecule has 0 heterocycles. The van der Waals surface area contributed by atoms with Crippen LogP contribution in [0, 0.1) is 16.2 Å². The molecule has 0 aromatic rings. The molecule has 0 aliphatic carbocycles. The van der Waals surface area contributed by atoms with Crippen LogP contribution in [0.2, 0.25) is 0 Å². The van der Waals surface area contributed by atoms with Gasteiger partial charge in [0.2, 0.25) is 5.91 Å². The number of nitrogens with one attached hydrogen (secondary N) is 1. The monoisotopic (exact) mass is 270 g/mol. The molecule has 0 rings (SSSR count). The lowest BCUT2D eigenvalue weighted by Gasteiger charge is -2.44. The SMILES string of the molecule is CN(C)CCNC(=O)C(C)(CC(C)(C)C)C(C)(C)C. The number of rotatable bonds is 5. The van der Waals surface area contributed by atoms with E-state index in [2.05, 4.69) is 58.7 Å². The summed E-state index contributed by atoms with van der Waals surface area (Å²) < 4.78 is 0. The van der Waals surface area contributed by atoms with E-state index in [1.807, 2.05) is 14.1 Å². The quantitative estimate of drug-likeness (QED) is 0.832. The van der Waals surface area contributed by atoms with E-state index in [-0.39, 0.29) is 22.2 Å². The zero-order chi connectivity index (χ0) is 15.5. The molecule has 0 aliphatic rings. The van der Waals surface area contributed by atoms with Crippen molar-refractivity contribution in [3.8, 4) is 0 Å². The van der Waals surface area contributed by atoms with Gasteiger partial charge in [0.05, 0.1) is 5.41 Å². The van der Waals surface area contributed by atoms with Gasteiger partial charge in [-0.15, -0.1) is 0 Å². The fourth-order valence-corrected chi connectivity index (χ4v) is 2.33. The van der Waals surface area contributed by atoms with E-state index in [1.165, 1.54) is 0 Å². The average molecular weight is 270 g/mol. The van der Waals surface area contributed by atoms with E-state index in [0.29, 0.717) is 6.54 Å². The molecule has 3 heteroatoms. The number of amides is 1. The molecular weight excluding hydrogens is 236 g/mol. The van der Waals surface area contributed by atoms with Gasteiger partial charge in [-0.2, -0.15) is 0 Å². The highest BCUT2D eigenvalue weighted by Crippen LogP contribution is 2.46. The molecule has 0 fully saturated rings. The molecule has 3 nitrogen and oxygen atoms in total. The minimum absolute atomic E-state index is 0.0531. The second-order valence-electron chi connectivity index (χ2n) is 8.38. The molecule has 0 aliphatic heterocycles. The molecule has 19 heavy (non-hydrogen) atoms. The summed E-state index contributed by atoms with van der Waals surface area (Å²) in [6.45, 7) is 16.8. The van der Waals surface area contributed by atoms with Crippen molar-refractivity contribution in [1.82, 2.24) is 10.2 Å². The number of hydrogen-bond acceptors (Lipinski definition) is 2. The molecule has 0 saturated heterocycles. The summed E-state index contributed by atoms with van der Waals surface area (Å²) in [7, 11) is 4.04. The van der Waals surface area contributed by atoms with Crippen LogP contribution in [0.15, 0.2) is 0 Å². The van der Waals surface area contributed by atoms with E-state index in [0.717, 1.165) is 13.0 Å². The molecule has 1 amide bonds. The molecular formula is C16H34N2O. The number of hydrogen-bond donors (Lipinski definition) is 1. The molecule has 0 aromatic carbocycles. The minimum atomic E-state index is -0.350. The van der Waals surface area contributed by atoms with Crippen molar-refractivity contribution in [2.24, 2.45) is 16.2 Å². The molecule has 0 bridgehead atoms. The molecule has 0 radical (unpaired) electrons. The summed E-state index contributed by atoms with van der Waals surface area (Å²) in [5, 5.41) is 3.10. The average Bonchev–Trinajstić information content (AvgIpc) is 2.12. The smallest absolute Gasteiger partial charge is 0.226 e. The zero-order valence-corrected chi connectivity index (χ0v) is 14.5. The first-order chi connectivity index (χ1) is 8.29. The first kappa shape index (κ1) is 18.4. The highest BCUT2D eigenvalue weighted by molar-refractivity contribution is 5.83. The van der Waals surface area contributed by atoms with Crippen LogP contribution in [-0.2, 0) is 4.79 Å².